The third-order valence-electron chi connectivity index (χ3n) is 5.24. The van der Waals surface area contributed by atoms with Crippen LogP contribution in [0.3, 0.4) is 0 Å². The highest BCUT2D eigenvalue weighted by molar-refractivity contribution is 5.94. The Hall–Kier alpha value is -2.61. The summed E-state index contributed by atoms with van der Waals surface area (Å²) >= 11 is 0. The minimum atomic E-state index is -0.357. The smallest absolute Gasteiger partial charge is 0.302 e. The number of rotatable bonds is 9. The maximum atomic E-state index is 12.8. The fourth-order valence-corrected chi connectivity index (χ4v) is 3.69. The largest absolute Gasteiger partial charge is 0.494 e. The van der Waals surface area contributed by atoms with Gasteiger partial charge in [0.25, 0.3) is 0 Å². The van der Waals surface area contributed by atoms with Crippen LogP contribution in [0.15, 0.2) is 18.2 Å². The Labute approximate surface area is 176 Å². The van der Waals surface area contributed by atoms with E-state index >= 15 is 0 Å². The summed E-state index contributed by atoms with van der Waals surface area (Å²) in [6, 6.07) is 5.62. The number of esters is 1. The lowest BCUT2D eigenvalue weighted by Gasteiger charge is -2.34. The maximum absolute atomic E-state index is 12.8. The molecule has 2 amide bonds. The van der Waals surface area contributed by atoms with Crippen molar-refractivity contribution >= 4 is 23.5 Å². The van der Waals surface area contributed by atoms with Gasteiger partial charge in [-0.25, -0.2) is 0 Å². The molecular formula is C22H30N2O6. The topological polar surface area (TPSA) is 94.2 Å². The molecule has 2 aliphatic rings. The van der Waals surface area contributed by atoms with Gasteiger partial charge in [-0.05, 0) is 55.9 Å². The predicted octanol–water partition coefficient (Wildman–Crippen LogP) is 2.65. The second-order valence-electron chi connectivity index (χ2n) is 7.57. The van der Waals surface area contributed by atoms with E-state index in [0.717, 1.165) is 36.3 Å². The Morgan fingerprint density at radius 2 is 2.10 bits per heavy atom. The zero-order chi connectivity index (χ0) is 21.3. The van der Waals surface area contributed by atoms with Gasteiger partial charge in [-0.15, -0.1) is 0 Å². The van der Waals surface area contributed by atoms with Gasteiger partial charge in [0.15, 0.2) is 0 Å². The number of amides is 2. The molecule has 3 rings (SSSR count). The SMILES string of the molecule is CC(=O)OCCN(C(=O)CCCOc1ccc2c(c1)CCC(=O)N2)C1CCCCO1. The highest BCUT2D eigenvalue weighted by atomic mass is 16.5. The van der Waals surface area contributed by atoms with Gasteiger partial charge in [0.2, 0.25) is 11.8 Å². The van der Waals surface area contributed by atoms with Gasteiger partial charge >= 0.3 is 5.97 Å². The van der Waals surface area contributed by atoms with Crippen molar-refractivity contribution in [1.82, 2.24) is 4.90 Å². The molecule has 1 saturated heterocycles. The molecule has 0 aliphatic carbocycles. The first-order valence-electron chi connectivity index (χ1n) is 10.6. The summed E-state index contributed by atoms with van der Waals surface area (Å²) in [7, 11) is 0. The lowest BCUT2D eigenvalue weighted by Crippen LogP contribution is -2.45. The fraction of sp³-hybridized carbons (Fsp3) is 0.591. The zero-order valence-corrected chi connectivity index (χ0v) is 17.5. The number of ether oxygens (including phenoxy) is 3. The van der Waals surface area contributed by atoms with E-state index in [-0.39, 0.29) is 30.6 Å². The van der Waals surface area contributed by atoms with Crippen LogP contribution in [-0.4, -0.2) is 55.3 Å². The van der Waals surface area contributed by atoms with Crippen LogP contribution in [0.5, 0.6) is 5.75 Å². The molecule has 0 saturated carbocycles. The molecule has 1 aromatic carbocycles. The van der Waals surface area contributed by atoms with Crippen molar-refractivity contribution in [3.05, 3.63) is 23.8 Å². The molecule has 1 fully saturated rings. The minimum absolute atomic E-state index is 0.0224. The van der Waals surface area contributed by atoms with Crippen molar-refractivity contribution in [2.24, 2.45) is 0 Å². The van der Waals surface area contributed by atoms with Gasteiger partial charge in [0, 0.05) is 32.1 Å². The van der Waals surface area contributed by atoms with E-state index in [2.05, 4.69) is 5.32 Å². The van der Waals surface area contributed by atoms with E-state index in [1.807, 2.05) is 18.2 Å². The molecule has 30 heavy (non-hydrogen) atoms. The molecule has 8 nitrogen and oxygen atoms in total. The molecule has 0 radical (unpaired) electrons. The number of anilines is 1. The standard InChI is InChI=1S/C22H30N2O6/c1-16(25)28-14-11-24(22-6-2-3-12-30-22)21(27)5-4-13-29-18-8-9-19-17(15-18)7-10-20(26)23-19/h8-9,15,22H,2-7,10-14H2,1H3,(H,23,26). The van der Waals surface area contributed by atoms with Crippen LogP contribution in [0.25, 0.3) is 0 Å². The summed E-state index contributed by atoms with van der Waals surface area (Å²) in [5.41, 5.74) is 1.90. The molecular weight excluding hydrogens is 388 g/mol. The number of benzene rings is 1. The van der Waals surface area contributed by atoms with Crippen LogP contribution in [0.1, 0.15) is 51.0 Å². The third-order valence-corrected chi connectivity index (χ3v) is 5.24. The van der Waals surface area contributed by atoms with Crippen LogP contribution in [-0.2, 0) is 30.3 Å². The highest BCUT2D eigenvalue weighted by Gasteiger charge is 2.26. The van der Waals surface area contributed by atoms with E-state index in [4.69, 9.17) is 14.2 Å². The molecule has 1 N–H and O–H groups in total. The number of carbonyl (C=O) groups is 3. The lowest BCUT2D eigenvalue weighted by atomic mass is 10.0. The quantitative estimate of drug-likeness (QED) is 0.489. The van der Waals surface area contributed by atoms with Crippen molar-refractivity contribution < 1.29 is 28.6 Å². The van der Waals surface area contributed by atoms with Crippen molar-refractivity contribution in [3.8, 4) is 5.75 Å². The number of nitrogens with one attached hydrogen (secondary N) is 1. The third kappa shape index (κ3) is 6.45. The molecule has 2 heterocycles. The Balaban J connectivity index is 1.46. The molecule has 1 aromatic rings. The summed E-state index contributed by atoms with van der Waals surface area (Å²) in [5.74, 6) is 0.394. The van der Waals surface area contributed by atoms with Crippen LogP contribution in [0, 0.1) is 0 Å². The van der Waals surface area contributed by atoms with Crippen LogP contribution < -0.4 is 10.1 Å². The Kier molecular flexibility index (Phi) is 8.07. The molecule has 0 spiro atoms. The first-order valence-corrected chi connectivity index (χ1v) is 10.6. The van der Waals surface area contributed by atoms with Gasteiger partial charge in [-0.1, -0.05) is 0 Å². The number of hydrogen-bond donors (Lipinski definition) is 1. The average Bonchev–Trinajstić information content (AvgIpc) is 2.74. The van der Waals surface area contributed by atoms with E-state index < -0.39 is 0 Å². The molecule has 8 heteroatoms. The second kappa shape index (κ2) is 11.0. The van der Waals surface area contributed by atoms with Gasteiger partial charge in [0.05, 0.1) is 13.2 Å². The average molecular weight is 418 g/mol. The van der Waals surface area contributed by atoms with E-state index in [9.17, 15) is 14.4 Å². The molecule has 0 aromatic heterocycles. The number of nitrogens with zero attached hydrogens (tertiary/aromatic N) is 1. The predicted molar refractivity (Wildman–Crippen MR) is 110 cm³/mol. The molecule has 2 aliphatic heterocycles. The zero-order valence-electron chi connectivity index (χ0n) is 17.5. The van der Waals surface area contributed by atoms with Crippen molar-refractivity contribution in [1.29, 1.82) is 0 Å². The first kappa shape index (κ1) is 22.1. The molecule has 1 atom stereocenters. The van der Waals surface area contributed by atoms with Crippen LogP contribution in [0.4, 0.5) is 5.69 Å². The summed E-state index contributed by atoms with van der Waals surface area (Å²) < 4.78 is 16.6. The summed E-state index contributed by atoms with van der Waals surface area (Å²) in [5, 5.41) is 2.85. The van der Waals surface area contributed by atoms with Crippen molar-refractivity contribution in [2.45, 2.75) is 58.1 Å². The lowest BCUT2D eigenvalue weighted by molar-refractivity contribution is -0.156. The van der Waals surface area contributed by atoms with E-state index in [0.29, 0.717) is 45.4 Å². The van der Waals surface area contributed by atoms with Crippen molar-refractivity contribution in [3.63, 3.8) is 0 Å². The molecule has 164 valence electrons. The Morgan fingerprint density at radius 1 is 1.23 bits per heavy atom. The molecule has 0 bridgehead atoms. The van der Waals surface area contributed by atoms with E-state index in [1.54, 1.807) is 4.90 Å². The second-order valence-corrected chi connectivity index (χ2v) is 7.57. The van der Waals surface area contributed by atoms with Gasteiger partial charge in [-0.2, -0.15) is 0 Å². The normalized spacial score (nSPS) is 18.2. The molecule has 1 unspecified atom stereocenters. The van der Waals surface area contributed by atoms with Crippen LogP contribution in [0.2, 0.25) is 0 Å². The van der Waals surface area contributed by atoms with Gasteiger partial charge < -0.3 is 24.4 Å². The Bertz CT molecular complexity index is 760. The van der Waals surface area contributed by atoms with E-state index in [1.165, 1.54) is 6.92 Å². The number of fused-ring (bicyclic) bond motifs is 1. The highest BCUT2D eigenvalue weighted by Crippen LogP contribution is 2.27. The number of carbonyl (C=O) groups excluding carboxylic acids is 3. The van der Waals surface area contributed by atoms with Crippen LogP contribution >= 0.6 is 0 Å². The summed E-state index contributed by atoms with van der Waals surface area (Å²) in [6.07, 6.45) is 4.66. The number of hydrogen-bond acceptors (Lipinski definition) is 6. The fourth-order valence-electron chi connectivity index (χ4n) is 3.69. The van der Waals surface area contributed by atoms with Gasteiger partial charge in [0.1, 0.15) is 18.6 Å². The monoisotopic (exact) mass is 418 g/mol. The minimum Gasteiger partial charge on any atom is -0.494 e. The first-order chi connectivity index (χ1) is 14.5. The van der Waals surface area contributed by atoms with Crippen molar-refractivity contribution in [2.75, 3.05) is 31.7 Å². The summed E-state index contributed by atoms with van der Waals surface area (Å²) in [4.78, 5) is 36.9. The Morgan fingerprint density at radius 3 is 2.87 bits per heavy atom. The number of aryl methyl sites for hydroxylation is 1. The summed E-state index contributed by atoms with van der Waals surface area (Å²) in [6.45, 7) is 2.92. The van der Waals surface area contributed by atoms with Gasteiger partial charge in [-0.3, -0.25) is 14.4 Å². The maximum Gasteiger partial charge on any atom is 0.302 e.